The lowest BCUT2D eigenvalue weighted by molar-refractivity contribution is 0.390. The molecule has 0 aromatic carbocycles. The summed E-state index contributed by atoms with van der Waals surface area (Å²) in [6.07, 6.45) is 6.74. The van der Waals surface area contributed by atoms with Gasteiger partial charge in [0.05, 0.1) is 0 Å². The Bertz CT molecular complexity index is 114. The summed E-state index contributed by atoms with van der Waals surface area (Å²) in [5.41, 5.74) is 5.67. The third-order valence-electron chi connectivity index (χ3n) is 2.82. The van der Waals surface area contributed by atoms with Crippen molar-refractivity contribution in [1.82, 2.24) is 5.32 Å². The molecule has 0 saturated carbocycles. The molecule has 72 valence electrons. The van der Waals surface area contributed by atoms with Gasteiger partial charge in [-0.15, -0.1) is 0 Å². The summed E-state index contributed by atoms with van der Waals surface area (Å²) in [5, 5.41) is 3.49. The van der Waals surface area contributed by atoms with E-state index in [0.29, 0.717) is 6.04 Å². The molecule has 2 nitrogen and oxygen atoms in total. The minimum Gasteiger partial charge on any atom is -0.329 e. The fraction of sp³-hybridized carbons (Fsp3) is 1.00. The van der Waals surface area contributed by atoms with Crippen molar-refractivity contribution in [2.75, 3.05) is 13.1 Å². The van der Waals surface area contributed by atoms with Crippen molar-refractivity contribution in [3.8, 4) is 0 Å². The molecule has 2 atom stereocenters. The smallest absolute Gasteiger partial charge is 0.0192 e. The van der Waals surface area contributed by atoms with Crippen molar-refractivity contribution >= 4 is 0 Å². The molecule has 0 amide bonds. The largest absolute Gasteiger partial charge is 0.329 e. The van der Waals surface area contributed by atoms with Gasteiger partial charge in [-0.25, -0.2) is 0 Å². The number of hydrogen-bond donors (Lipinski definition) is 2. The highest BCUT2D eigenvalue weighted by atomic mass is 14.9. The van der Waals surface area contributed by atoms with Gasteiger partial charge in [-0.05, 0) is 31.7 Å². The lowest BCUT2D eigenvalue weighted by Crippen LogP contribution is -2.36. The zero-order valence-corrected chi connectivity index (χ0v) is 8.18. The molecule has 0 aromatic rings. The molecule has 0 radical (unpaired) electrons. The summed E-state index contributed by atoms with van der Waals surface area (Å²) in [5.74, 6) is 0.929. The van der Waals surface area contributed by atoms with E-state index in [2.05, 4.69) is 12.2 Å². The molecular weight excluding hydrogens is 148 g/mol. The summed E-state index contributed by atoms with van der Waals surface area (Å²) in [7, 11) is 0. The molecule has 0 aromatic heterocycles. The topological polar surface area (TPSA) is 38.0 Å². The Morgan fingerprint density at radius 2 is 2.33 bits per heavy atom. The summed E-state index contributed by atoms with van der Waals surface area (Å²) in [6.45, 7) is 4.25. The maximum atomic E-state index is 5.67. The standard InChI is InChI=1S/C10H22N2/c1-2-4-9-5-3-6-12-10(7-9)8-11/h9-10,12H,2-8,11H2,1H3. The Kier molecular flexibility index (Phi) is 4.62. The summed E-state index contributed by atoms with van der Waals surface area (Å²) in [6, 6.07) is 0.587. The first-order chi connectivity index (χ1) is 5.86. The Morgan fingerprint density at radius 1 is 1.50 bits per heavy atom. The van der Waals surface area contributed by atoms with E-state index in [1.54, 1.807) is 0 Å². The van der Waals surface area contributed by atoms with Gasteiger partial charge in [0, 0.05) is 12.6 Å². The fourth-order valence-electron chi connectivity index (χ4n) is 2.15. The molecule has 1 rings (SSSR count). The zero-order chi connectivity index (χ0) is 8.81. The number of nitrogens with one attached hydrogen (secondary N) is 1. The van der Waals surface area contributed by atoms with Crippen LogP contribution >= 0.6 is 0 Å². The second-order valence-corrected chi connectivity index (χ2v) is 3.92. The molecule has 12 heavy (non-hydrogen) atoms. The first-order valence-corrected chi connectivity index (χ1v) is 5.30. The van der Waals surface area contributed by atoms with Crippen molar-refractivity contribution in [2.24, 2.45) is 11.7 Å². The van der Waals surface area contributed by atoms with Gasteiger partial charge < -0.3 is 11.1 Å². The summed E-state index contributed by atoms with van der Waals surface area (Å²) < 4.78 is 0. The average molecular weight is 170 g/mol. The molecule has 1 heterocycles. The maximum Gasteiger partial charge on any atom is 0.0192 e. The van der Waals surface area contributed by atoms with Crippen LogP contribution in [0.2, 0.25) is 0 Å². The predicted molar refractivity (Wildman–Crippen MR) is 53.1 cm³/mol. The molecule has 2 heteroatoms. The van der Waals surface area contributed by atoms with Crippen LogP contribution in [0, 0.1) is 5.92 Å². The van der Waals surface area contributed by atoms with E-state index in [1.165, 1.54) is 38.6 Å². The van der Waals surface area contributed by atoms with Crippen LogP contribution in [-0.4, -0.2) is 19.1 Å². The highest BCUT2D eigenvalue weighted by Crippen LogP contribution is 2.21. The Balaban J connectivity index is 2.31. The van der Waals surface area contributed by atoms with Crippen LogP contribution in [0.4, 0.5) is 0 Å². The van der Waals surface area contributed by atoms with Crippen molar-refractivity contribution in [1.29, 1.82) is 0 Å². The average Bonchev–Trinajstić information content (AvgIpc) is 2.30. The van der Waals surface area contributed by atoms with Crippen LogP contribution in [0.3, 0.4) is 0 Å². The second-order valence-electron chi connectivity index (χ2n) is 3.92. The van der Waals surface area contributed by atoms with Crippen molar-refractivity contribution in [2.45, 2.75) is 45.1 Å². The minimum atomic E-state index is 0.587. The molecule has 1 aliphatic heterocycles. The van der Waals surface area contributed by atoms with Gasteiger partial charge >= 0.3 is 0 Å². The van der Waals surface area contributed by atoms with Crippen LogP contribution in [-0.2, 0) is 0 Å². The fourth-order valence-corrected chi connectivity index (χ4v) is 2.15. The Morgan fingerprint density at radius 3 is 3.00 bits per heavy atom. The Labute approximate surface area is 75.9 Å². The molecule has 1 fully saturated rings. The van der Waals surface area contributed by atoms with E-state index >= 15 is 0 Å². The zero-order valence-electron chi connectivity index (χ0n) is 8.18. The third kappa shape index (κ3) is 3.11. The molecule has 0 bridgehead atoms. The quantitative estimate of drug-likeness (QED) is 0.673. The first-order valence-electron chi connectivity index (χ1n) is 5.30. The van der Waals surface area contributed by atoms with E-state index in [4.69, 9.17) is 5.73 Å². The third-order valence-corrected chi connectivity index (χ3v) is 2.82. The van der Waals surface area contributed by atoms with Gasteiger partial charge in [0.1, 0.15) is 0 Å². The van der Waals surface area contributed by atoms with Gasteiger partial charge in [-0.3, -0.25) is 0 Å². The molecule has 0 aliphatic carbocycles. The second kappa shape index (κ2) is 5.55. The number of nitrogens with two attached hydrogens (primary N) is 1. The van der Waals surface area contributed by atoms with E-state index in [1.807, 2.05) is 0 Å². The van der Waals surface area contributed by atoms with E-state index in [0.717, 1.165) is 12.5 Å². The predicted octanol–water partition coefficient (Wildman–Crippen LogP) is 1.50. The van der Waals surface area contributed by atoms with E-state index in [-0.39, 0.29) is 0 Å². The molecule has 1 saturated heterocycles. The molecule has 3 N–H and O–H groups in total. The molecule has 2 unspecified atom stereocenters. The van der Waals surface area contributed by atoms with Crippen molar-refractivity contribution in [3.63, 3.8) is 0 Å². The summed E-state index contributed by atoms with van der Waals surface area (Å²) >= 11 is 0. The van der Waals surface area contributed by atoms with Crippen molar-refractivity contribution in [3.05, 3.63) is 0 Å². The normalized spacial score (nSPS) is 31.5. The molecule has 0 spiro atoms. The lowest BCUT2D eigenvalue weighted by Gasteiger charge is -2.18. The van der Waals surface area contributed by atoms with Gasteiger partial charge in [-0.2, -0.15) is 0 Å². The first kappa shape index (κ1) is 10.0. The number of hydrogen-bond acceptors (Lipinski definition) is 2. The maximum absolute atomic E-state index is 5.67. The lowest BCUT2D eigenvalue weighted by atomic mass is 9.93. The summed E-state index contributed by atoms with van der Waals surface area (Å²) in [4.78, 5) is 0. The van der Waals surface area contributed by atoms with Gasteiger partial charge in [0.15, 0.2) is 0 Å². The molecular formula is C10H22N2. The van der Waals surface area contributed by atoms with E-state index < -0.39 is 0 Å². The van der Waals surface area contributed by atoms with Crippen LogP contribution < -0.4 is 11.1 Å². The van der Waals surface area contributed by atoms with Crippen LogP contribution in [0.25, 0.3) is 0 Å². The van der Waals surface area contributed by atoms with Crippen LogP contribution in [0.5, 0.6) is 0 Å². The highest BCUT2D eigenvalue weighted by Gasteiger charge is 2.17. The van der Waals surface area contributed by atoms with Gasteiger partial charge in [0.2, 0.25) is 0 Å². The van der Waals surface area contributed by atoms with Crippen LogP contribution in [0.15, 0.2) is 0 Å². The minimum absolute atomic E-state index is 0.587. The highest BCUT2D eigenvalue weighted by molar-refractivity contribution is 4.76. The SMILES string of the molecule is CCCC1CCCNC(CN)C1. The van der Waals surface area contributed by atoms with Crippen molar-refractivity contribution < 1.29 is 0 Å². The number of rotatable bonds is 3. The van der Waals surface area contributed by atoms with Gasteiger partial charge in [-0.1, -0.05) is 19.8 Å². The molecule has 1 aliphatic rings. The van der Waals surface area contributed by atoms with Crippen LogP contribution in [0.1, 0.15) is 39.0 Å². The van der Waals surface area contributed by atoms with Gasteiger partial charge in [0.25, 0.3) is 0 Å². The Hall–Kier alpha value is -0.0800. The van der Waals surface area contributed by atoms with E-state index in [9.17, 15) is 0 Å². The monoisotopic (exact) mass is 170 g/mol.